The zero-order chi connectivity index (χ0) is 14.0. The smallest absolute Gasteiger partial charge is 0.237 e. The molecule has 1 aliphatic heterocycles. The number of hydrogen-bond acceptors (Lipinski definition) is 3. The van der Waals surface area contributed by atoms with Crippen LogP contribution in [0.15, 0.2) is 0 Å². The van der Waals surface area contributed by atoms with Crippen LogP contribution in [-0.2, 0) is 4.79 Å². The van der Waals surface area contributed by atoms with Crippen molar-refractivity contribution < 1.29 is 4.79 Å². The molecule has 0 aromatic rings. The van der Waals surface area contributed by atoms with Crippen LogP contribution in [0.25, 0.3) is 0 Å². The molecular weight excluding hydrogens is 238 g/mol. The molecule has 2 aliphatic rings. The monoisotopic (exact) mass is 267 g/mol. The Bertz CT molecular complexity index is 327. The van der Waals surface area contributed by atoms with Crippen LogP contribution in [0.3, 0.4) is 0 Å². The summed E-state index contributed by atoms with van der Waals surface area (Å²) < 4.78 is 0. The number of likely N-dealkylation sites (tertiary alicyclic amines) is 1. The van der Waals surface area contributed by atoms with Gasteiger partial charge in [-0.1, -0.05) is 20.8 Å². The lowest BCUT2D eigenvalue weighted by atomic mass is 9.90. The molecule has 2 N–H and O–H groups in total. The normalized spacial score (nSPS) is 28.1. The van der Waals surface area contributed by atoms with Gasteiger partial charge in [0.15, 0.2) is 0 Å². The zero-order valence-electron chi connectivity index (χ0n) is 12.7. The highest BCUT2D eigenvalue weighted by Crippen LogP contribution is 2.30. The van der Waals surface area contributed by atoms with Crippen LogP contribution in [-0.4, -0.2) is 54.5 Å². The van der Waals surface area contributed by atoms with E-state index in [1.54, 1.807) is 0 Å². The molecule has 1 saturated heterocycles. The van der Waals surface area contributed by atoms with Crippen molar-refractivity contribution in [2.45, 2.75) is 46.1 Å². The number of hydrogen-bond donors (Lipinski definition) is 1. The molecule has 2 rings (SSSR count). The molecule has 4 nitrogen and oxygen atoms in total. The van der Waals surface area contributed by atoms with Crippen LogP contribution in [0.2, 0.25) is 0 Å². The third kappa shape index (κ3) is 3.93. The molecule has 1 atom stereocenters. The Balaban J connectivity index is 1.86. The Kier molecular flexibility index (Phi) is 4.51. The molecular formula is C15H29N3O. The summed E-state index contributed by atoms with van der Waals surface area (Å²) in [6.07, 6.45) is 3.50. The minimum absolute atomic E-state index is 0.211. The zero-order valence-corrected chi connectivity index (χ0v) is 12.7. The van der Waals surface area contributed by atoms with Gasteiger partial charge in [0.2, 0.25) is 5.91 Å². The van der Waals surface area contributed by atoms with Crippen molar-refractivity contribution in [3.8, 4) is 0 Å². The first-order valence-corrected chi connectivity index (χ1v) is 7.65. The van der Waals surface area contributed by atoms with Gasteiger partial charge in [0.05, 0.1) is 6.54 Å². The van der Waals surface area contributed by atoms with E-state index in [0.29, 0.717) is 24.4 Å². The molecule has 1 amide bonds. The topological polar surface area (TPSA) is 49.6 Å². The summed E-state index contributed by atoms with van der Waals surface area (Å²) in [7, 11) is 0. The Morgan fingerprint density at radius 3 is 2.63 bits per heavy atom. The molecule has 0 aromatic carbocycles. The Labute approximate surface area is 117 Å². The van der Waals surface area contributed by atoms with Gasteiger partial charge in [0.1, 0.15) is 0 Å². The van der Waals surface area contributed by atoms with E-state index in [4.69, 9.17) is 5.73 Å². The average molecular weight is 267 g/mol. The highest BCUT2D eigenvalue weighted by Gasteiger charge is 2.36. The summed E-state index contributed by atoms with van der Waals surface area (Å²) in [4.78, 5) is 16.9. The Morgan fingerprint density at radius 1 is 1.47 bits per heavy atom. The van der Waals surface area contributed by atoms with E-state index in [1.165, 1.54) is 12.8 Å². The van der Waals surface area contributed by atoms with Gasteiger partial charge in [0.25, 0.3) is 0 Å². The van der Waals surface area contributed by atoms with Crippen molar-refractivity contribution in [1.29, 1.82) is 0 Å². The van der Waals surface area contributed by atoms with E-state index >= 15 is 0 Å². The van der Waals surface area contributed by atoms with Gasteiger partial charge >= 0.3 is 0 Å². The van der Waals surface area contributed by atoms with Crippen LogP contribution in [0.4, 0.5) is 0 Å². The van der Waals surface area contributed by atoms with Crippen LogP contribution in [0.5, 0.6) is 0 Å². The summed E-state index contributed by atoms with van der Waals surface area (Å²) in [6, 6.07) is 0.526. The molecule has 0 bridgehead atoms. The molecule has 0 radical (unpaired) electrons. The summed E-state index contributed by atoms with van der Waals surface area (Å²) in [5.74, 6) is 0.870. The lowest BCUT2D eigenvalue weighted by molar-refractivity contribution is -0.133. The average Bonchev–Trinajstić information content (AvgIpc) is 3.11. The van der Waals surface area contributed by atoms with Crippen LogP contribution >= 0.6 is 0 Å². The molecule has 1 heterocycles. The quantitative estimate of drug-likeness (QED) is 0.789. The minimum Gasteiger partial charge on any atom is -0.338 e. The lowest BCUT2D eigenvalue weighted by Gasteiger charge is -2.28. The molecule has 110 valence electrons. The molecule has 1 unspecified atom stereocenters. The van der Waals surface area contributed by atoms with Gasteiger partial charge in [-0.3, -0.25) is 9.69 Å². The highest BCUT2D eigenvalue weighted by atomic mass is 16.2. The molecule has 19 heavy (non-hydrogen) atoms. The van der Waals surface area contributed by atoms with Crippen molar-refractivity contribution in [2.24, 2.45) is 17.1 Å². The molecule has 2 fully saturated rings. The van der Waals surface area contributed by atoms with Gasteiger partial charge in [-0.15, -0.1) is 0 Å². The van der Waals surface area contributed by atoms with Gasteiger partial charge in [-0.25, -0.2) is 0 Å². The number of carbonyl (C=O) groups is 1. The maximum absolute atomic E-state index is 12.5. The van der Waals surface area contributed by atoms with Crippen LogP contribution in [0, 0.1) is 11.3 Å². The molecule has 4 heteroatoms. The number of nitrogens with zero attached hydrogens (tertiary/aromatic N) is 2. The fourth-order valence-electron chi connectivity index (χ4n) is 2.94. The third-order valence-corrected chi connectivity index (χ3v) is 4.36. The predicted molar refractivity (Wildman–Crippen MR) is 77.8 cm³/mol. The number of carbonyl (C=O) groups excluding carboxylic acids is 1. The summed E-state index contributed by atoms with van der Waals surface area (Å²) >= 11 is 0. The van der Waals surface area contributed by atoms with Gasteiger partial charge < -0.3 is 10.6 Å². The third-order valence-electron chi connectivity index (χ3n) is 4.36. The van der Waals surface area contributed by atoms with Gasteiger partial charge in [-0.05, 0) is 43.7 Å². The van der Waals surface area contributed by atoms with E-state index in [0.717, 1.165) is 32.6 Å². The van der Waals surface area contributed by atoms with Crippen molar-refractivity contribution in [1.82, 2.24) is 9.80 Å². The molecule has 0 aromatic heterocycles. The van der Waals surface area contributed by atoms with Crippen molar-refractivity contribution in [2.75, 3.05) is 32.7 Å². The van der Waals surface area contributed by atoms with Gasteiger partial charge in [0, 0.05) is 19.1 Å². The van der Waals surface area contributed by atoms with Crippen molar-refractivity contribution >= 4 is 5.91 Å². The summed E-state index contributed by atoms with van der Waals surface area (Å²) in [5.41, 5.74) is 6.03. The first kappa shape index (κ1) is 14.8. The number of amides is 1. The van der Waals surface area contributed by atoms with Crippen LogP contribution in [0.1, 0.15) is 40.0 Å². The number of nitrogens with two attached hydrogens (primary N) is 1. The highest BCUT2D eigenvalue weighted by molar-refractivity contribution is 5.79. The first-order valence-electron chi connectivity index (χ1n) is 7.65. The fourth-order valence-corrected chi connectivity index (χ4v) is 2.94. The van der Waals surface area contributed by atoms with E-state index in [-0.39, 0.29) is 5.41 Å². The Hall–Kier alpha value is -0.610. The maximum Gasteiger partial charge on any atom is 0.237 e. The maximum atomic E-state index is 12.5. The standard InChI is InChI=1S/C15H29N3O/c1-12(2)8-18(13-4-5-13)14(19)9-17-7-6-15(3,10-16)11-17/h12-13H,4-11,16H2,1-3H3. The first-order chi connectivity index (χ1) is 8.93. The van der Waals surface area contributed by atoms with Crippen molar-refractivity contribution in [3.63, 3.8) is 0 Å². The Morgan fingerprint density at radius 2 is 2.16 bits per heavy atom. The molecule has 1 aliphatic carbocycles. The van der Waals surface area contributed by atoms with Crippen molar-refractivity contribution in [3.05, 3.63) is 0 Å². The van der Waals surface area contributed by atoms with Crippen LogP contribution < -0.4 is 5.73 Å². The SMILES string of the molecule is CC(C)CN(C(=O)CN1CCC(C)(CN)C1)C1CC1. The number of rotatable bonds is 6. The van der Waals surface area contributed by atoms with E-state index in [9.17, 15) is 4.79 Å². The molecule has 0 spiro atoms. The fraction of sp³-hybridized carbons (Fsp3) is 0.933. The largest absolute Gasteiger partial charge is 0.338 e. The second-order valence-electron chi connectivity index (χ2n) is 7.15. The summed E-state index contributed by atoms with van der Waals surface area (Å²) in [5, 5.41) is 0. The van der Waals surface area contributed by atoms with E-state index in [2.05, 4.69) is 30.6 Å². The minimum atomic E-state index is 0.211. The predicted octanol–water partition coefficient (Wildman–Crippen LogP) is 1.30. The molecule has 1 saturated carbocycles. The summed E-state index contributed by atoms with van der Waals surface area (Å²) in [6.45, 7) is 10.8. The van der Waals surface area contributed by atoms with Gasteiger partial charge in [-0.2, -0.15) is 0 Å². The van der Waals surface area contributed by atoms with E-state index < -0.39 is 0 Å². The van der Waals surface area contributed by atoms with E-state index in [1.807, 2.05) is 0 Å². The second kappa shape index (κ2) is 5.80. The second-order valence-corrected chi connectivity index (χ2v) is 7.15. The lowest BCUT2D eigenvalue weighted by Crippen LogP contribution is -2.43.